The number of amides is 1. The van der Waals surface area contributed by atoms with Crippen LogP contribution in [0.3, 0.4) is 0 Å². The van der Waals surface area contributed by atoms with Crippen LogP contribution in [0.2, 0.25) is 0 Å². The third-order valence-corrected chi connectivity index (χ3v) is 3.85. The van der Waals surface area contributed by atoms with Gasteiger partial charge in [0.15, 0.2) is 11.5 Å². The van der Waals surface area contributed by atoms with Crippen molar-refractivity contribution in [1.29, 1.82) is 0 Å². The zero-order valence-corrected chi connectivity index (χ0v) is 14.0. The first-order valence-electron chi connectivity index (χ1n) is 8.20. The molecule has 3 rings (SSSR count). The number of carboxylic acid groups (broad SMARTS) is 1. The fourth-order valence-electron chi connectivity index (χ4n) is 2.61. The van der Waals surface area contributed by atoms with Crippen molar-refractivity contribution in [3.05, 3.63) is 59.7 Å². The highest BCUT2D eigenvalue weighted by molar-refractivity contribution is 5.72. The number of fused-ring (bicyclic) bond motifs is 1. The van der Waals surface area contributed by atoms with E-state index >= 15 is 0 Å². The molecule has 0 fully saturated rings. The maximum absolute atomic E-state index is 12.1. The van der Waals surface area contributed by atoms with Crippen LogP contribution in [-0.4, -0.2) is 30.4 Å². The zero-order valence-electron chi connectivity index (χ0n) is 14.0. The third-order valence-electron chi connectivity index (χ3n) is 3.85. The SMILES string of the molecule is O=C(O)C[C@H](NC(=O)OCc1ccccc1)c1ccc2c(c1)OCCO2. The average Bonchev–Trinajstić information content (AvgIpc) is 2.66. The van der Waals surface area contributed by atoms with E-state index in [1.54, 1.807) is 18.2 Å². The van der Waals surface area contributed by atoms with Gasteiger partial charge in [-0.1, -0.05) is 36.4 Å². The van der Waals surface area contributed by atoms with Gasteiger partial charge < -0.3 is 24.6 Å². The molecule has 1 aliphatic rings. The number of nitrogens with one attached hydrogen (secondary N) is 1. The molecule has 1 amide bonds. The molecule has 1 heterocycles. The number of rotatable bonds is 6. The summed E-state index contributed by atoms with van der Waals surface area (Å²) in [6, 6.07) is 13.6. The molecule has 2 aromatic rings. The van der Waals surface area contributed by atoms with Crippen molar-refractivity contribution in [3.8, 4) is 11.5 Å². The Morgan fingerprint density at radius 3 is 2.54 bits per heavy atom. The number of hydrogen-bond acceptors (Lipinski definition) is 5. The summed E-state index contributed by atoms with van der Waals surface area (Å²) in [5.74, 6) is 0.0950. The highest BCUT2D eigenvalue weighted by Crippen LogP contribution is 2.33. The molecule has 0 aromatic heterocycles. The standard InChI is InChI=1S/C19H19NO6/c21-18(22)11-15(14-6-7-16-17(10-14)25-9-8-24-16)20-19(23)26-12-13-4-2-1-3-5-13/h1-7,10,15H,8-9,11-12H2,(H,20,23)(H,21,22)/t15-/m0/s1. The minimum Gasteiger partial charge on any atom is -0.486 e. The molecule has 0 spiro atoms. The minimum atomic E-state index is -1.03. The Kier molecular flexibility index (Phi) is 5.58. The Labute approximate surface area is 150 Å². The molecule has 26 heavy (non-hydrogen) atoms. The second-order valence-electron chi connectivity index (χ2n) is 5.76. The molecule has 0 saturated carbocycles. The highest BCUT2D eigenvalue weighted by Gasteiger charge is 2.21. The van der Waals surface area contributed by atoms with Crippen molar-refractivity contribution in [2.24, 2.45) is 0 Å². The molecular formula is C19H19NO6. The van der Waals surface area contributed by atoms with Crippen LogP contribution in [0.15, 0.2) is 48.5 Å². The van der Waals surface area contributed by atoms with E-state index in [4.69, 9.17) is 19.3 Å². The predicted octanol–water partition coefficient (Wildman–Crippen LogP) is 2.90. The number of benzene rings is 2. The van der Waals surface area contributed by atoms with Gasteiger partial charge in [0, 0.05) is 0 Å². The second kappa shape index (κ2) is 8.24. The Morgan fingerprint density at radius 2 is 1.81 bits per heavy atom. The van der Waals surface area contributed by atoms with Gasteiger partial charge >= 0.3 is 12.1 Å². The van der Waals surface area contributed by atoms with Gasteiger partial charge in [-0.15, -0.1) is 0 Å². The van der Waals surface area contributed by atoms with Crippen LogP contribution in [0.4, 0.5) is 4.79 Å². The van der Waals surface area contributed by atoms with Gasteiger partial charge in [0.1, 0.15) is 19.8 Å². The molecular weight excluding hydrogens is 338 g/mol. The molecule has 2 aromatic carbocycles. The lowest BCUT2D eigenvalue weighted by molar-refractivity contribution is -0.137. The lowest BCUT2D eigenvalue weighted by atomic mass is 10.0. The first kappa shape index (κ1) is 17.6. The number of carbonyl (C=O) groups excluding carboxylic acids is 1. The van der Waals surface area contributed by atoms with Crippen molar-refractivity contribution in [3.63, 3.8) is 0 Å². The molecule has 0 unspecified atom stereocenters. The van der Waals surface area contributed by atoms with Crippen molar-refractivity contribution >= 4 is 12.1 Å². The largest absolute Gasteiger partial charge is 0.486 e. The summed E-state index contributed by atoms with van der Waals surface area (Å²) in [4.78, 5) is 23.3. The molecule has 136 valence electrons. The highest BCUT2D eigenvalue weighted by atomic mass is 16.6. The van der Waals surface area contributed by atoms with Crippen LogP contribution in [0.25, 0.3) is 0 Å². The van der Waals surface area contributed by atoms with Crippen LogP contribution < -0.4 is 14.8 Å². The van der Waals surface area contributed by atoms with Crippen molar-refractivity contribution in [2.75, 3.05) is 13.2 Å². The van der Waals surface area contributed by atoms with Crippen LogP contribution in [0.5, 0.6) is 11.5 Å². The van der Waals surface area contributed by atoms with Gasteiger partial charge in [0.2, 0.25) is 0 Å². The number of alkyl carbamates (subject to hydrolysis) is 1. The fourth-order valence-corrected chi connectivity index (χ4v) is 2.61. The smallest absolute Gasteiger partial charge is 0.407 e. The lowest BCUT2D eigenvalue weighted by Gasteiger charge is -2.22. The Hall–Kier alpha value is -3.22. The van der Waals surface area contributed by atoms with E-state index in [1.807, 2.05) is 30.3 Å². The quantitative estimate of drug-likeness (QED) is 0.826. The van der Waals surface area contributed by atoms with E-state index in [2.05, 4.69) is 5.32 Å². The molecule has 0 bridgehead atoms. The van der Waals surface area contributed by atoms with Gasteiger partial charge in [0.25, 0.3) is 0 Å². The molecule has 0 radical (unpaired) electrons. The summed E-state index contributed by atoms with van der Waals surface area (Å²) in [5.41, 5.74) is 1.45. The summed E-state index contributed by atoms with van der Waals surface area (Å²) in [5, 5.41) is 11.8. The number of carbonyl (C=O) groups is 2. The van der Waals surface area contributed by atoms with E-state index in [-0.39, 0.29) is 13.0 Å². The van der Waals surface area contributed by atoms with E-state index in [9.17, 15) is 9.59 Å². The van der Waals surface area contributed by atoms with Crippen LogP contribution in [-0.2, 0) is 16.1 Å². The summed E-state index contributed by atoms with van der Waals surface area (Å²) >= 11 is 0. The molecule has 0 aliphatic carbocycles. The number of carboxylic acids is 1. The molecule has 1 aliphatic heterocycles. The average molecular weight is 357 g/mol. The molecule has 7 nitrogen and oxygen atoms in total. The zero-order chi connectivity index (χ0) is 18.4. The molecule has 2 N–H and O–H groups in total. The molecule has 0 saturated heterocycles. The molecule has 7 heteroatoms. The summed E-state index contributed by atoms with van der Waals surface area (Å²) in [6.45, 7) is 0.995. The van der Waals surface area contributed by atoms with Gasteiger partial charge in [0.05, 0.1) is 12.5 Å². The minimum absolute atomic E-state index is 0.105. The number of aliphatic carboxylic acids is 1. The lowest BCUT2D eigenvalue weighted by Crippen LogP contribution is -2.30. The first-order valence-corrected chi connectivity index (χ1v) is 8.20. The van der Waals surface area contributed by atoms with Gasteiger partial charge in [-0.25, -0.2) is 4.79 Å². The fraction of sp³-hybridized carbons (Fsp3) is 0.263. The number of hydrogen-bond donors (Lipinski definition) is 2. The normalized spacial score (nSPS) is 13.5. The predicted molar refractivity (Wildman–Crippen MR) is 92.2 cm³/mol. The summed E-state index contributed by atoms with van der Waals surface area (Å²) < 4.78 is 16.1. The van der Waals surface area contributed by atoms with Crippen LogP contribution in [0, 0.1) is 0 Å². The first-order chi connectivity index (χ1) is 12.6. The monoisotopic (exact) mass is 357 g/mol. The van der Waals surface area contributed by atoms with E-state index in [1.165, 1.54) is 0 Å². The Bertz CT molecular complexity index is 777. The van der Waals surface area contributed by atoms with Gasteiger partial charge in [-0.05, 0) is 23.3 Å². The molecule has 1 atom stereocenters. The number of ether oxygens (including phenoxy) is 3. The third kappa shape index (κ3) is 4.66. The maximum Gasteiger partial charge on any atom is 0.407 e. The summed E-state index contributed by atoms with van der Waals surface area (Å²) in [7, 11) is 0. The van der Waals surface area contributed by atoms with Gasteiger partial charge in [-0.3, -0.25) is 4.79 Å². The van der Waals surface area contributed by atoms with Crippen molar-refractivity contribution in [2.45, 2.75) is 19.1 Å². The van der Waals surface area contributed by atoms with E-state index in [0.29, 0.717) is 30.3 Å². The Morgan fingerprint density at radius 1 is 1.08 bits per heavy atom. The maximum atomic E-state index is 12.1. The Balaban J connectivity index is 1.67. The van der Waals surface area contributed by atoms with Crippen LogP contribution in [0.1, 0.15) is 23.6 Å². The van der Waals surface area contributed by atoms with E-state index < -0.39 is 18.1 Å². The van der Waals surface area contributed by atoms with Crippen LogP contribution >= 0.6 is 0 Å². The van der Waals surface area contributed by atoms with Gasteiger partial charge in [-0.2, -0.15) is 0 Å². The summed E-state index contributed by atoms with van der Waals surface area (Å²) in [6.07, 6.45) is -0.963. The van der Waals surface area contributed by atoms with Crippen molar-refractivity contribution in [1.82, 2.24) is 5.32 Å². The second-order valence-corrected chi connectivity index (χ2v) is 5.76. The van der Waals surface area contributed by atoms with Crippen molar-refractivity contribution < 1.29 is 28.9 Å². The topological polar surface area (TPSA) is 94.1 Å². The van der Waals surface area contributed by atoms with E-state index in [0.717, 1.165) is 5.56 Å².